The van der Waals surface area contributed by atoms with E-state index in [0.29, 0.717) is 23.1 Å². The molecule has 7 nitrogen and oxygen atoms in total. The molecule has 0 saturated carbocycles. The molecule has 0 spiro atoms. The number of hydrogen-bond donors (Lipinski definition) is 1. The van der Waals surface area contributed by atoms with Crippen molar-refractivity contribution >= 4 is 22.6 Å². The SMILES string of the molecule is CCC(c1nc2ccccc2c(=O)n1-c1ccc(F)cc1)N(CCN(C)C)C(=O)Nc1ccccc1C(F)(F)F. The molecule has 0 aliphatic heterocycles. The van der Waals surface area contributed by atoms with Crippen LogP contribution >= 0.6 is 0 Å². The van der Waals surface area contributed by atoms with Gasteiger partial charge in [-0.15, -0.1) is 0 Å². The average Bonchev–Trinajstić information content (AvgIpc) is 2.91. The lowest BCUT2D eigenvalue weighted by Crippen LogP contribution is -2.44. The fourth-order valence-corrected chi connectivity index (χ4v) is 4.49. The van der Waals surface area contributed by atoms with Gasteiger partial charge in [-0.05, 0) is 69.0 Å². The summed E-state index contributed by atoms with van der Waals surface area (Å²) in [5, 5.41) is 2.76. The normalized spacial score (nSPS) is 12.5. The van der Waals surface area contributed by atoms with E-state index in [9.17, 15) is 27.2 Å². The Labute approximate surface area is 228 Å². The molecular weight excluding hydrogens is 526 g/mol. The van der Waals surface area contributed by atoms with E-state index in [-0.39, 0.29) is 24.5 Å². The third-order valence-corrected chi connectivity index (χ3v) is 6.47. The molecule has 1 aromatic heterocycles. The summed E-state index contributed by atoms with van der Waals surface area (Å²) in [6.45, 7) is 2.30. The summed E-state index contributed by atoms with van der Waals surface area (Å²) in [4.78, 5) is 35.4. The first-order chi connectivity index (χ1) is 19.0. The van der Waals surface area contributed by atoms with Crippen LogP contribution in [0, 0.1) is 5.82 Å². The number of benzene rings is 3. The summed E-state index contributed by atoms with van der Waals surface area (Å²) in [6.07, 6.45) is -4.39. The summed E-state index contributed by atoms with van der Waals surface area (Å²) in [5.41, 5.74) is -1.03. The van der Waals surface area contributed by atoms with Crippen molar-refractivity contribution in [2.75, 3.05) is 32.5 Å². The molecule has 4 rings (SSSR count). The van der Waals surface area contributed by atoms with Gasteiger partial charge in [0.15, 0.2) is 0 Å². The van der Waals surface area contributed by atoms with Gasteiger partial charge in [0.25, 0.3) is 5.56 Å². The number of carbonyl (C=O) groups excluding carboxylic acids is 1. The minimum absolute atomic E-state index is 0.123. The van der Waals surface area contributed by atoms with E-state index in [1.54, 1.807) is 45.3 Å². The minimum atomic E-state index is -4.68. The first-order valence-electron chi connectivity index (χ1n) is 12.7. The van der Waals surface area contributed by atoms with Gasteiger partial charge in [-0.25, -0.2) is 14.2 Å². The zero-order chi connectivity index (χ0) is 29.0. The molecule has 4 aromatic rings. The molecule has 11 heteroatoms. The maximum Gasteiger partial charge on any atom is 0.418 e. The summed E-state index contributed by atoms with van der Waals surface area (Å²) >= 11 is 0. The van der Waals surface area contributed by atoms with Crippen molar-refractivity contribution in [1.29, 1.82) is 0 Å². The van der Waals surface area contributed by atoms with Crippen molar-refractivity contribution in [1.82, 2.24) is 19.4 Å². The molecule has 3 aromatic carbocycles. The Hall–Kier alpha value is -4.25. The lowest BCUT2D eigenvalue weighted by molar-refractivity contribution is -0.136. The maximum atomic E-state index is 13.8. The van der Waals surface area contributed by atoms with Crippen molar-refractivity contribution in [3.8, 4) is 5.69 Å². The van der Waals surface area contributed by atoms with Gasteiger partial charge in [0.05, 0.1) is 33.9 Å². The lowest BCUT2D eigenvalue weighted by Gasteiger charge is -2.33. The Bertz CT molecular complexity index is 1550. The zero-order valence-electron chi connectivity index (χ0n) is 22.2. The number of fused-ring (bicyclic) bond motifs is 1. The van der Waals surface area contributed by atoms with E-state index in [4.69, 9.17) is 4.98 Å². The maximum absolute atomic E-state index is 13.8. The number of nitrogens with zero attached hydrogens (tertiary/aromatic N) is 4. The number of urea groups is 1. The first-order valence-corrected chi connectivity index (χ1v) is 12.7. The molecule has 1 heterocycles. The van der Waals surface area contributed by atoms with E-state index >= 15 is 0 Å². The fraction of sp³-hybridized carbons (Fsp3) is 0.276. The van der Waals surface area contributed by atoms with Crippen molar-refractivity contribution in [2.24, 2.45) is 0 Å². The number of para-hydroxylation sites is 2. The van der Waals surface area contributed by atoms with E-state index in [2.05, 4.69) is 5.32 Å². The Morgan fingerprint density at radius 1 is 0.975 bits per heavy atom. The van der Waals surface area contributed by atoms with Gasteiger partial charge in [0, 0.05) is 13.1 Å². The van der Waals surface area contributed by atoms with Crippen LogP contribution in [0.3, 0.4) is 0 Å². The van der Waals surface area contributed by atoms with E-state index < -0.39 is 35.2 Å². The number of nitrogens with one attached hydrogen (secondary N) is 1. The number of rotatable bonds is 8. The monoisotopic (exact) mass is 555 g/mol. The van der Waals surface area contributed by atoms with Crippen LogP contribution in [0.1, 0.15) is 30.8 Å². The molecule has 2 amide bonds. The zero-order valence-corrected chi connectivity index (χ0v) is 22.2. The van der Waals surface area contributed by atoms with Gasteiger partial charge in [0.2, 0.25) is 0 Å². The summed E-state index contributed by atoms with van der Waals surface area (Å²) in [5.74, 6) is -0.287. The Balaban J connectivity index is 1.87. The van der Waals surface area contributed by atoms with Crippen LogP contribution in [0.5, 0.6) is 0 Å². The Morgan fingerprint density at radius 3 is 2.27 bits per heavy atom. The fourth-order valence-electron chi connectivity index (χ4n) is 4.49. The average molecular weight is 556 g/mol. The van der Waals surface area contributed by atoms with Crippen LogP contribution in [0.2, 0.25) is 0 Å². The molecule has 210 valence electrons. The van der Waals surface area contributed by atoms with Crippen molar-refractivity contribution in [2.45, 2.75) is 25.6 Å². The molecule has 40 heavy (non-hydrogen) atoms. The van der Waals surface area contributed by atoms with Crippen LogP contribution < -0.4 is 10.9 Å². The summed E-state index contributed by atoms with van der Waals surface area (Å²) in [6, 6.07) is 15.2. The molecule has 1 unspecified atom stereocenters. The number of carbonyl (C=O) groups is 1. The predicted octanol–water partition coefficient (Wildman–Crippen LogP) is 6.09. The van der Waals surface area contributed by atoms with Gasteiger partial charge >= 0.3 is 12.2 Å². The van der Waals surface area contributed by atoms with Gasteiger partial charge in [-0.1, -0.05) is 31.2 Å². The third-order valence-electron chi connectivity index (χ3n) is 6.47. The predicted molar refractivity (Wildman–Crippen MR) is 146 cm³/mol. The molecular formula is C29H29F4N5O2. The second-order valence-corrected chi connectivity index (χ2v) is 9.50. The number of hydrogen-bond acceptors (Lipinski definition) is 4. The minimum Gasteiger partial charge on any atom is -0.313 e. The highest BCUT2D eigenvalue weighted by atomic mass is 19.4. The number of halogens is 4. The molecule has 1 N–H and O–H groups in total. The topological polar surface area (TPSA) is 70.5 Å². The van der Waals surface area contributed by atoms with Crippen LogP contribution in [-0.4, -0.2) is 52.6 Å². The highest BCUT2D eigenvalue weighted by Crippen LogP contribution is 2.35. The summed E-state index contributed by atoms with van der Waals surface area (Å²) in [7, 11) is 3.61. The van der Waals surface area contributed by atoms with Crippen LogP contribution in [0.15, 0.2) is 77.6 Å². The highest BCUT2D eigenvalue weighted by Gasteiger charge is 2.35. The number of alkyl halides is 3. The van der Waals surface area contributed by atoms with Crippen LogP contribution in [-0.2, 0) is 6.18 Å². The summed E-state index contributed by atoms with van der Waals surface area (Å²) < 4.78 is 56.1. The Morgan fingerprint density at radius 2 is 1.62 bits per heavy atom. The highest BCUT2D eigenvalue weighted by molar-refractivity contribution is 5.90. The van der Waals surface area contributed by atoms with E-state index in [0.717, 1.165) is 6.07 Å². The molecule has 0 radical (unpaired) electrons. The van der Waals surface area contributed by atoms with E-state index in [1.807, 2.05) is 4.90 Å². The van der Waals surface area contributed by atoms with Gasteiger partial charge < -0.3 is 15.1 Å². The van der Waals surface area contributed by atoms with Gasteiger partial charge in [0.1, 0.15) is 11.6 Å². The molecule has 0 aliphatic rings. The lowest BCUT2D eigenvalue weighted by atomic mass is 10.1. The third kappa shape index (κ3) is 6.15. The second kappa shape index (κ2) is 11.9. The number of likely N-dealkylation sites (N-methyl/N-ethyl adjacent to an activating group) is 1. The van der Waals surface area contributed by atoms with Gasteiger partial charge in [-0.3, -0.25) is 9.36 Å². The molecule has 0 saturated heterocycles. The van der Waals surface area contributed by atoms with Gasteiger partial charge in [-0.2, -0.15) is 13.2 Å². The number of anilines is 1. The largest absolute Gasteiger partial charge is 0.418 e. The Kier molecular flexibility index (Phi) is 8.53. The second-order valence-electron chi connectivity index (χ2n) is 9.50. The van der Waals surface area contributed by atoms with Crippen molar-refractivity contribution in [3.05, 3.63) is 100 Å². The molecule has 1 atom stereocenters. The van der Waals surface area contributed by atoms with Crippen molar-refractivity contribution < 1.29 is 22.4 Å². The number of aromatic nitrogens is 2. The molecule has 0 aliphatic carbocycles. The van der Waals surface area contributed by atoms with Crippen molar-refractivity contribution in [3.63, 3.8) is 0 Å². The smallest absolute Gasteiger partial charge is 0.313 e. The molecule has 0 fully saturated rings. The quantitative estimate of drug-likeness (QED) is 0.267. The first kappa shape index (κ1) is 28.8. The molecule has 0 bridgehead atoms. The standard InChI is InChI=1S/C29H29F4N5O2/c1-4-25(37(18-17-36(2)3)28(40)35-24-12-8-6-10-22(24)29(31,32)33)26-34-23-11-7-5-9-21(23)27(39)38(26)20-15-13-19(30)14-16-20/h5-16,25H,4,17-18H2,1-3H3,(H,35,40). The van der Waals surface area contributed by atoms with Crippen LogP contribution in [0.25, 0.3) is 16.6 Å². The van der Waals surface area contributed by atoms with E-state index in [1.165, 1.54) is 51.9 Å². The number of amides is 2. The van der Waals surface area contributed by atoms with Crippen LogP contribution in [0.4, 0.5) is 28.0 Å².